The van der Waals surface area contributed by atoms with Crippen molar-refractivity contribution in [2.45, 2.75) is 13.0 Å². The summed E-state index contributed by atoms with van der Waals surface area (Å²) >= 11 is 0. The van der Waals surface area contributed by atoms with Gasteiger partial charge < -0.3 is 26.7 Å². The summed E-state index contributed by atoms with van der Waals surface area (Å²) in [6, 6.07) is 0. The molecular formula is C8H18Cl6NNbO3. The van der Waals surface area contributed by atoms with E-state index in [1.165, 1.54) is 6.92 Å². The number of hydrogen-bond donors (Lipinski definition) is 1. The Hall–Kier alpha value is 1.87. The molecule has 0 aromatic rings. The Labute approximate surface area is 140 Å². The van der Waals surface area contributed by atoms with E-state index in [0.29, 0.717) is 6.61 Å². The minimum absolute atomic E-state index is 0. The van der Waals surface area contributed by atoms with E-state index in [1.54, 1.807) is 0 Å². The fourth-order valence-corrected chi connectivity index (χ4v) is 0.541. The third-order valence-corrected chi connectivity index (χ3v) is 1.35. The Morgan fingerprint density at radius 3 is 1.74 bits per heavy atom. The fraction of sp³-hybridized carbons (Fsp3) is 0.875. The molecule has 120 valence electrons. The first-order valence-electron chi connectivity index (χ1n) is 4.82. The van der Waals surface area contributed by atoms with Crippen LogP contribution in [-0.4, -0.2) is 56.0 Å². The number of carbonyl (C=O) groups is 1. The number of carbonyl (C=O) groups excluding carboxylic acids is 1. The predicted octanol–water partition coefficient (Wildman–Crippen LogP) is 0.0656. The van der Waals surface area contributed by atoms with E-state index in [4.69, 9.17) is 55.8 Å². The molecule has 0 radical (unpaired) electrons. The normalized spacial score (nSPS) is 14.9. The van der Waals surface area contributed by atoms with E-state index >= 15 is 0 Å². The van der Waals surface area contributed by atoms with Crippen LogP contribution >= 0.6 is 45.9 Å². The zero-order valence-electron chi connectivity index (χ0n) is 10.9. The van der Waals surface area contributed by atoms with Gasteiger partial charge in [-0.05, 0) is 6.92 Å². The molecule has 0 saturated heterocycles. The van der Waals surface area contributed by atoms with Gasteiger partial charge in [-0.1, -0.05) is 0 Å². The Balaban J connectivity index is -0.000000313. The summed E-state index contributed by atoms with van der Waals surface area (Å²) in [6.07, 6.45) is -1.02. The molecule has 0 spiro atoms. The number of likely N-dealkylation sites (N-methyl/N-ethyl adjacent to an activating group) is 1. The molecule has 0 aromatic heterocycles. The molecule has 0 aliphatic heterocycles. The zero-order valence-corrected chi connectivity index (χ0v) is 17.7. The average molecular weight is 482 g/mol. The first-order chi connectivity index (χ1) is 7.56. The number of ether oxygens (including phenoxy) is 1. The van der Waals surface area contributed by atoms with Gasteiger partial charge >= 0.3 is 62.3 Å². The van der Waals surface area contributed by atoms with Crippen LogP contribution in [0, 0.1) is 0 Å². The van der Waals surface area contributed by atoms with E-state index in [2.05, 4.69) is 0 Å². The van der Waals surface area contributed by atoms with E-state index in [0.717, 1.165) is 11.0 Å². The molecule has 1 atom stereocenters. The Morgan fingerprint density at radius 1 is 1.21 bits per heavy atom. The number of quaternary nitrogens is 1. The second kappa shape index (κ2) is 9.80. The molecule has 0 aliphatic rings. The predicted molar refractivity (Wildman–Crippen MR) is 74.8 cm³/mol. The first kappa shape index (κ1) is 25.8. The van der Waals surface area contributed by atoms with Gasteiger partial charge in [0.2, 0.25) is 0 Å². The number of aliphatic hydroxyl groups excluding tert-OH is 1. The van der Waals surface area contributed by atoms with Crippen LogP contribution in [0.5, 0.6) is 0 Å². The quantitative estimate of drug-likeness (QED) is 0.351. The molecule has 1 unspecified atom stereocenters. The summed E-state index contributed by atoms with van der Waals surface area (Å²) in [6.45, 7) is 2.50. The third kappa shape index (κ3) is 38.3. The van der Waals surface area contributed by atoms with Gasteiger partial charge in [-0.2, -0.15) is 0 Å². The standard InChI is InChI=1S/C8H18NO3.6ClH.Nb/c1-7(10)8(11)12-6-5-9(2,3)4;;;;;;;/h7,10H,5-6H2,1-4H3;6*1H;/q+1;;;;;;;+5/p-6. The summed E-state index contributed by atoms with van der Waals surface area (Å²) in [5, 5.41) is 8.77. The molecule has 0 fully saturated rings. The number of hydrogen-bond acceptors (Lipinski definition) is 3. The van der Waals surface area contributed by atoms with Gasteiger partial charge in [0.05, 0.1) is 21.1 Å². The summed E-state index contributed by atoms with van der Waals surface area (Å²) in [5.74, 6) is -0.552. The van der Waals surface area contributed by atoms with E-state index in [-0.39, 0.29) is 12.4 Å². The van der Waals surface area contributed by atoms with Crippen LogP contribution in [0.4, 0.5) is 0 Å². The van der Waals surface area contributed by atoms with Gasteiger partial charge in [-0.3, -0.25) is 0 Å². The van der Waals surface area contributed by atoms with Crippen molar-refractivity contribution in [3.63, 3.8) is 0 Å². The van der Waals surface area contributed by atoms with Crippen LogP contribution in [-0.2, 0) is 19.9 Å². The van der Waals surface area contributed by atoms with Crippen LogP contribution in [0.1, 0.15) is 6.92 Å². The maximum atomic E-state index is 10.7. The maximum absolute atomic E-state index is 10.7. The van der Waals surface area contributed by atoms with Crippen molar-refractivity contribution in [3.05, 3.63) is 0 Å². The second-order valence-electron chi connectivity index (χ2n) is 4.50. The van der Waals surface area contributed by atoms with Gasteiger partial charge in [-0.25, -0.2) is 4.79 Å². The monoisotopic (exact) mass is 479 g/mol. The fourth-order valence-electron chi connectivity index (χ4n) is 0.541. The number of rotatable bonds is 4. The molecule has 0 saturated carbocycles. The van der Waals surface area contributed by atoms with Crippen LogP contribution in [0.2, 0.25) is 0 Å². The van der Waals surface area contributed by atoms with Crippen LogP contribution in [0.25, 0.3) is 0 Å². The first-order valence-corrected chi connectivity index (χ1v) is 19.0. The van der Waals surface area contributed by atoms with Gasteiger partial charge in [0.1, 0.15) is 19.3 Å². The second-order valence-corrected chi connectivity index (χ2v) is 37.9. The van der Waals surface area contributed by atoms with Crippen molar-refractivity contribution in [3.8, 4) is 0 Å². The number of esters is 1. The van der Waals surface area contributed by atoms with Gasteiger partial charge in [0, 0.05) is 0 Å². The molecule has 19 heavy (non-hydrogen) atoms. The number of nitrogens with zero attached hydrogens (tertiary/aromatic N) is 1. The molecule has 4 nitrogen and oxygen atoms in total. The molecule has 11 heteroatoms. The SMILES string of the molecule is CC(O)C(=O)OCC[N+](C)(C)C.[Cl-].[Cl][Nb]([Cl])([Cl])([Cl])[Cl]. The van der Waals surface area contributed by atoms with Crippen LogP contribution in [0.15, 0.2) is 0 Å². The Bertz CT molecular complexity index is 257. The number of halogens is 6. The molecule has 1 N–H and O–H groups in total. The average Bonchev–Trinajstić information content (AvgIpc) is 1.96. The van der Waals surface area contributed by atoms with E-state index in [9.17, 15) is 4.79 Å². The van der Waals surface area contributed by atoms with Crippen molar-refractivity contribution in [1.29, 1.82) is 0 Å². The third-order valence-electron chi connectivity index (χ3n) is 1.35. The van der Waals surface area contributed by atoms with Crippen molar-refractivity contribution in [2.75, 3.05) is 34.3 Å². The van der Waals surface area contributed by atoms with Gasteiger partial charge in [0.15, 0.2) is 0 Å². The molecular weight excluding hydrogens is 464 g/mol. The molecule has 0 aliphatic carbocycles. The molecule has 0 rings (SSSR count). The van der Waals surface area contributed by atoms with E-state index in [1.807, 2.05) is 21.1 Å². The van der Waals surface area contributed by atoms with Gasteiger partial charge in [0.25, 0.3) is 0 Å². The molecule has 0 amide bonds. The summed E-state index contributed by atoms with van der Waals surface area (Å²) < 4.78 is 5.52. The number of aliphatic hydroxyl groups is 1. The van der Waals surface area contributed by atoms with Crippen molar-refractivity contribution in [2.24, 2.45) is 0 Å². The molecule has 0 bridgehead atoms. The van der Waals surface area contributed by atoms with Crippen LogP contribution in [0.3, 0.4) is 0 Å². The summed E-state index contributed by atoms with van der Waals surface area (Å²) in [4.78, 5) is 10.7. The Kier molecular flexibility index (Phi) is 13.3. The summed E-state index contributed by atoms with van der Waals surface area (Å²) in [7, 11) is 26.9. The zero-order chi connectivity index (χ0) is 15.2. The van der Waals surface area contributed by atoms with Crippen LogP contribution < -0.4 is 12.4 Å². The van der Waals surface area contributed by atoms with E-state index < -0.39 is 22.5 Å². The van der Waals surface area contributed by atoms with Crippen molar-refractivity contribution in [1.82, 2.24) is 0 Å². The Morgan fingerprint density at radius 2 is 1.53 bits per heavy atom. The topological polar surface area (TPSA) is 46.5 Å². The minimum atomic E-state index is -4.33. The summed E-state index contributed by atoms with van der Waals surface area (Å²) in [5.41, 5.74) is 0. The van der Waals surface area contributed by atoms with Crippen molar-refractivity contribution >= 4 is 51.9 Å². The molecule has 0 aromatic carbocycles. The molecule has 0 heterocycles. The van der Waals surface area contributed by atoms with Gasteiger partial charge in [-0.15, -0.1) is 0 Å². The van der Waals surface area contributed by atoms with Crippen molar-refractivity contribution < 1.29 is 41.9 Å².